The van der Waals surface area contributed by atoms with Crippen molar-refractivity contribution in [1.29, 1.82) is 0 Å². The number of hydrogen-bond acceptors (Lipinski definition) is 3. The first-order valence-corrected chi connectivity index (χ1v) is 6.42. The van der Waals surface area contributed by atoms with Crippen LogP contribution in [0.5, 0.6) is 0 Å². The smallest absolute Gasteiger partial charge is 0.0584 e. The molecule has 0 saturated heterocycles. The lowest BCUT2D eigenvalue weighted by Gasteiger charge is -2.20. The number of nitrogens with one attached hydrogen (secondary N) is 1. The summed E-state index contributed by atoms with van der Waals surface area (Å²) in [6.07, 6.45) is 0.972. The molecule has 0 radical (unpaired) electrons. The van der Waals surface area contributed by atoms with Crippen LogP contribution in [0.2, 0.25) is 0 Å². The Morgan fingerprint density at radius 1 is 1.53 bits per heavy atom. The summed E-state index contributed by atoms with van der Waals surface area (Å²) >= 11 is 1.89. The highest BCUT2D eigenvalue weighted by atomic mass is 32.2. The van der Waals surface area contributed by atoms with Gasteiger partial charge >= 0.3 is 0 Å². The summed E-state index contributed by atoms with van der Waals surface area (Å²) in [6.45, 7) is 2.32. The first kappa shape index (κ1) is 11.0. The van der Waals surface area contributed by atoms with Crippen LogP contribution in [0.15, 0.2) is 29.2 Å². The Morgan fingerprint density at radius 3 is 3.07 bits per heavy atom. The van der Waals surface area contributed by atoms with Crippen LogP contribution < -0.4 is 5.32 Å². The summed E-state index contributed by atoms with van der Waals surface area (Å²) in [5.74, 6) is 1.08. The molecule has 1 aromatic carbocycles. The van der Waals surface area contributed by atoms with Crippen LogP contribution >= 0.6 is 11.8 Å². The van der Waals surface area contributed by atoms with Gasteiger partial charge in [-0.05, 0) is 18.1 Å². The molecule has 2 N–H and O–H groups in total. The van der Waals surface area contributed by atoms with E-state index in [0.29, 0.717) is 6.04 Å². The number of thioether (sulfide) groups is 1. The first-order chi connectivity index (χ1) is 7.35. The molecule has 0 spiro atoms. The second-order valence-corrected chi connectivity index (χ2v) is 4.92. The number of fused-ring (bicyclic) bond motifs is 1. The average Bonchev–Trinajstić information content (AvgIpc) is 2.69. The van der Waals surface area contributed by atoms with E-state index in [-0.39, 0.29) is 12.6 Å². The molecule has 3 heteroatoms. The van der Waals surface area contributed by atoms with Crippen molar-refractivity contribution in [3.05, 3.63) is 29.8 Å². The molecule has 15 heavy (non-hydrogen) atoms. The molecular weight excluding hydrogens is 206 g/mol. The number of rotatable bonds is 4. The molecular formula is C12H17NOS. The fraction of sp³-hybridized carbons (Fsp3) is 0.500. The zero-order valence-corrected chi connectivity index (χ0v) is 9.76. The van der Waals surface area contributed by atoms with Gasteiger partial charge in [0.1, 0.15) is 0 Å². The number of hydrogen-bond donors (Lipinski definition) is 2. The van der Waals surface area contributed by atoms with E-state index >= 15 is 0 Å². The maximum atomic E-state index is 9.17. The fourth-order valence-corrected chi connectivity index (χ4v) is 3.06. The first-order valence-electron chi connectivity index (χ1n) is 5.43. The van der Waals surface area contributed by atoms with Gasteiger partial charge in [0.25, 0.3) is 0 Å². The van der Waals surface area contributed by atoms with Gasteiger partial charge < -0.3 is 10.4 Å². The molecule has 0 aromatic heterocycles. The lowest BCUT2D eigenvalue weighted by molar-refractivity contribution is 0.231. The van der Waals surface area contributed by atoms with E-state index in [4.69, 9.17) is 5.11 Å². The van der Waals surface area contributed by atoms with Crippen molar-refractivity contribution >= 4 is 11.8 Å². The highest BCUT2D eigenvalue weighted by Crippen LogP contribution is 2.37. The van der Waals surface area contributed by atoms with Crippen molar-refractivity contribution in [2.75, 3.05) is 12.4 Å². The van der Waals surface area contributed by atoms with Gasteiger partial charge in [-0.3, -0.25) is 0 Å². The van der Waals surface area contributed by atoms with Gasteiger partial charge in [-0.2, -0.15) is 0 Å². The van der Waals surface area contributed by atoms with Crippen molar-refractivity contribution in [2.45, 2.75) is 30.3 Å². The van der Waals surface area contributed by atoms with E-state index < -0.39 is 0 Å². The summed E-state index contributed by atoms with van der Waals surface area (Å²) < 4.78 is 0. The van der Waals surface area contributed by atoms with Crippen molar-refractivity contribution in [1.82, 2.24) is 5.32 Å². The van der Waals surface area contributed by atoms with Crippen LogP contribution in [0.1, 0.15) is 24.9 Å². The standard InChI is InChI=1S/C12H17NOS/c1-2-9(7-14)13-11-8-15-12-6-4-3-5-10(11)12/h3-6,9,11,13-14H,2,7-8H2,1H3. The Bertz CT molecular complexity index is 325. The fourth-order valence-electron chi connectivity index (χ4n) is 1.88. The van der Waals surface area contributed by atoms with Gasteiger partial charge in [-0.1, -0.05) is 25.1 Å². The summed E-state index contributed by atoms with van der Waals surface area (Å²) in [5.41, 5.74) is 1.38. The van der Waals surface area contributed by atoms with Crippen molar-refractivity contribution < 1.29 is 5.11 Å². The summed E-state index contributed by atoms with van der Waals surface area (Å²) in [6, 6.07) is 9.14. The molecule has 82 valence electrons. The second kappa shape index (κ2) is 5.01. The number of benzene rings is 1. The van der Waals surface area contributed by atoms with Crippen molar-refractivity contribution in [3.8, 4) is 0 Å². The van der Waals surface area contributed by atoms with Gasteiger partial charge in [-0.25, -0.2) is 0 Å². The third-order valence-corrected chi connectivity index (χ3v) is 4.03. The molecule has 2 nitrogen and oxygen atoms in total. The molecule has 0 fully saturated rings. The van der Waals surface area contributed by atoms with E-state index in [1.165, 1.54) is 10.5 Å². The van der Waals surface area contributed by atoms with E-state index in [9.17, 15) is 0 Å². The van der Waals surface area contributed by atoms with Gasteiger partial charge in [-0.15, -0.1) is 11.8 Å². The lowest BCUT2D eigenvalue weighted by Crippen LogP contribution is -2.35. The highest BCUT2D eigenvalue weighted by molar-refractivity contribution is 7.99. The van der Waals surface area contributed by atoms with E-state index in [2.05, 4.69) is 36.5 Å². The van der Waals surface area contributed by atoms with Gasteiger partial charge in [0.05, 0.1) is 6.61 Å². The summed E-state index contributed by atoms with van der Waals surface area (Å²) in [5, 5.41) is 12.7. The zero-order valence-electron chi connectivity index (χ0n) is 8.94. The SMILES string of the molecule is CCC(CO)NC1CSc2ccccc21. The van der Waals surface area contributed by atoms with Crippen LogP contribution in [0.3, 0.4) is 0 Å². The zero-order chi connectivity index (χ0) is 10.7. The monoisotopic (exact) mass is 223 g/mol. The normalized spacial score (nSPS) is 21.3. The molecule has 0 amide bonds. The molecule has 2 atom stereocenters. The molecule has 1 heterocycles. The van der Waals surface area contributed by atoms with Gasteiger partial charge in [0.2, 0.25) is 0 Å². The largest absolute Gasteiger partial charge is 0.395 e. The van der Waals surface area contributed by atoms with Crippen LogP contribution in [0.4, 0.5) is 0 Å². The van der Waals surface area contributed by atoms with Gasteiger partial charge in [0, 0.05) is 22.7 Å². The molecule has 0 aliphatic carbocycles. The minimum atomic E-state index is 0.222. The minimum absolute atomic E-state index is 0.222. The molecule has 1 aromatic rings. The van der Waals surface area contributed by atoms with Crippen molar-refractivity contribution in [3.63, 3.8) is 0 Å². The number of aliphatic hydroxyl groups excluding tert-OH is 1. The minimum Gasteiger partial charge on any atom is -0.395 e. The van der Waals surface area contributed by atoms with Crippen LogP contribution in [-0.2, 0) is 0 Å². The molecule has 1 aliphatic heterocycles. The summed E-state index contributed by atoms with van der Waals surface area (Å²) in [4.78, 5) is 1.38. The third-order valence-electron chi connectivity index (χ3n) is 2.85. The van der Waals surface area contributed by atoms with E-state index in [1.807, 2.05) is 11.8 Å². The lowest BCUT2D eigenvalue weighted by atomic mass is 10.1. The Labute approximate surface area is 95.1 Å². The molecule has 2 rings (SSSR count). The molecule has 1 aliphatic rings. The highest BCUT2D eigenvalue weighted by Gasteiger charge is 2.23. The van der Waals surface area contributed by atoms with E-state index in [0.717, 1.165) is 12.2 Å². The van der Waals surface area contributed by atoms with Crippen LogP contribution in [-0.4, -0.2) is 23.5 Å². The maximum Gasteiger partial charge on any atom is 0.0584 e. The Morgan fingerprint density at radius 2 is 2.33 bits per heavy atom. The Balaban J connectivity index is 2.07. The predicted octanol–water partition coefficient (Wildman–Crippen LogP) is 2.19. The number of aliphatic hydroxyl groups is 1. The maximum absolute atomic E-state index is 9.17. The topological polar surface area (TPSA) is 32.3 Å². The summed E-state index contributed by atoms with van der Waals surface area (Å²) in [7, 11) is 0. The molecule has 0 saturated carbocycles. The van der Waals surface area contributed by atoms with E-state index in [1.54, 1.807) is 0 Å². The Kier molecular flexibility index (Phi) is 3.67. The van der Waals surface area contributed by atoms with Crippen LogP contribution in [0, 0.1) is 0 Å². The van der Waals surface area contributed by atoms with Crippen molar-refractivity contribution in [2.24, 2.45) is 0 Å². The molecule has 2 unspecified atom stereocenters. The third kappa shape index (κ3) is 2.36. The van der Waals surface area contributed by atoms with Crippen LogP contribution in [0.25, 0.3) is 0 Å². The quantitative estimate of drug-likeness (QED) is 0.820. The second-order valence-electron chi connectivity index (χ2n) is 3.86. The van der Waals surface area contributed by atoms with Gasteiger partial charge in [0.15, 0.2) is 0 Å². The predicted molar refractivity (Wildman–Crippen MR) is 64.2 cm³/mol. The Hall–Kier alpha value is -0.510. The average molecular weight is 223 g/mol. The molecule has 0 bridgehead atoms.